The second-order valence-electron chi connectivity index (χ2n) is 9.57. The minimum atomic E-state index is -0.368. The van der Waals surface area contributed by atoms with E-state index in [1.807, 2.05) is 48.5 Å². The number of carbonyl (C=O) groups is 2. The molecule has 4 N–H and O–H groups in total. The summed E-state index contributed by atoms with van der Waals surface area (Å²) in [5, 5.41) is 14.3. The molecule has 3 aromatic carbocycles. The number of anilines is 1. The minimum absolute atomic E-state index is 0.0000998. The maximum Gasteiger partial charge on any atom is 0.268 e. The maximum atomic E-state index is 15.1. The Labute approximate surface area is 232 Å². The van der Waals surface area contributed by atoms with Crippen LogP contribution in [0.3, 0.4) is 0 Å². The van der Waals surface area contributed by atoms with Gasteiger partial charge in [-0.3, -0.25) is 9.59 Å². The standard InChI is InChI=1S/C30H29FN2O3S.CH5N/c1-19(34)32-23-14-11-20(12-15-23)21-13-16-26(31)22(17-21)18-33(24-7-3-2-4-8-24)30(36)29-28(35)25-9-5-6-10-27(25)37-29;1-2/h5-6,9-17,24,35H,2-4,7-8,18H2,1H3,(H,32,34);2H2,1H3. The summed E-state index contributed by atoms with van der Waals surface area (Å²) >= 11 is 1.28. The number of hydrogen-bond acceptors (Lipinski definition) is 5. The Bertz CT molecular complexity index is 1450. The Hall–Kier alpha value is -3.75. The van der Waals surface area contributed by atoms with Gasteiger partial charge in [-0.15, -0.1) is 11.3 Å². The second kappa shape index (κ2) is 12.9. The highest BCUT2D eigenvalue weighted by Gasteiger charge is 2.30. The SMILES string of the molecule is CC(=O)Nc1ccc(-c2ccc(F)c(CN(C(=O)c3sc4ccccc4c3O)C3CCCCC3)c2)cc1.CN. The summed E-state index contributed by atoms with van der Waals surface area (Å²) in [4.78, 5) is 27.2. The number of nitrogens with one attached hydrogen (secondary N) is 1. The van der Waals surface area contributed by atoms with Crippen LogP contribution in [0.2, 0.25) is 0 Å². The van der Waals surface area contributed by atoms with Gasteiger partial charge in [-0.25, -0.2) is 4.39 Å². The fourth-order valence-electron chi connectivity index (χ4n) is 5.07. The number of halogens is 1. The zero-order chi connectivity index (χ0) is 27.9. The number of amides is 2. The van der Waals surface area contributed by atoms with Crippen molar-refractivity contribution >= 4 is 38.9 Å². The van der Waals surface area contributed by atoms with Gasteiger partial charge in [0.15, 0.2) is 0 Å². The van der Waals surface area contributed by atoms with Crippen molar-refractivity contribution in [3.05, 3.63) is 83.0 Å². The van der Waals surface area contributed by atoms with Gasteiger partial charge in [0.2, 0.25) is 5.91 Å². The molecule has 0 saturated heterocycles. The van der Waals surface area contributed by atoms with Gasteiger partial charge in [0.05, 0.1) is 0 Å². The molecule has 1 aliphatic rings. The van der Waals surface area contributed by atoms with E-state index in [9.17, 15) is 14.7 Å². The summed E-state index contributed by atoms with van der Waals surface area (Å²) in [6.45, 7) is 1.58. The summed E-state index contributed by atoms with van der Waals surface area (Å²) in [6, 6.07) is 19.7. The first kappa shape index (κ1) is 28.3. The average Bonchev–Trinajstić information content (AvgIpc) is 3.30. The van der Waals surface area contributed by atoms with Crippen LogP contribution < -0.4 is 11.1 Å². The molecule has 0 atom stereocenters. The molecular formula is C31H34FN3O3S. The lowest BCUT2D eigenvalue weighted by molar-refractivity contribution is -0.114. The summed E-state index contributed by atoms with van der Waals surface area (Å²) in [5.41, 5.74) is 7.33. The van der Waals surface area contributed by atoms with E-state index >= 15 is 4.39 Å². The number of aromatic hydroxyl groups is 1. The number of hydrogen-bond donors (Lipinski definition) is 3. The van der Waals surface area contributed by atoms with Gasteiger partial charge in [0.1, 0.15) is 16.4 Å². The van der Waals surface area contributed by atoms with E-state index in [1.54, 1.807) is 17.0 Å². The van der Waals surface area contributed by atoms with Gasteiger partial charge < -0.3 is 21.1 Å². The number of rotatable bonds is 6. The quantitative estimate of drug-likeness (QED) is 0.244. The number of carbonyl (C=O) groups excluding carboxylic acids is 2. The van der Waals surface area contributed by atoms with E-state index in [0.717, 1.165) is 47.9 Å². The molecule has 1 fully saturated rings. The average molecular weight is 548 g/mol. The monoisotopic (exact) mass is 547 g/mol. The van der Waals surface area contributed by atoms with Gasteiger partial charge in [-0.2, -0.15) is 0 Å². The Balaban J connectivity index is 0.00000172. The third kappa shape index (κ3) is 6.46. The van der Waals surface area contributed by atoms with Gasteiger partial charge in [0, 0.05) is 40.8 Å². The van der Waals surface area contributed by atoms with Crippen molar-refractivity contribution < 1.29 is 19.1 Å². The van der Waals surface area contributed by atoms with Crippen LogP contribution in [0.1, 0.15) is 54.3 Å². The highest BCUT2D eigenvalue weighted by atomic mass is 32.1. The molecule has 6 nitrogen and oxygen atoms in total. The van der Waals surface area contributed by atoms with Crippen LogP contribution in [0.25, 0.3) is 21.2 Å². The summed E-state index contributed by atoms with van der Waals surface area (Å²) in [6.07, 6.45) is 4.91. The van der Waals surface area contributed by atoms with E-state index in [0.29, 0.717) is 21.5 Å². The normalized spacial score (nSPS) is 13.4. The van der Waals surface area contributed by atoms with Crippen LogP contribution in [0.15, 0.2) is 66.7 Å². The second-order valence-corrected chi connectivity index (χ2v) is 10.6. The molecule has 8 heteroatoms. The van der Waals surface area contributed by atoms with E-state index in [2.05, 4.69) is 11.1 Å². The lowest BCUT2D eigenvalue weighted by atomic mass is 9.93. The number of fused-ring (bicyclic) bond motifs is 1. The molecular weight excluding hydrogens is 513 g/mol. The number of benzene rings is 3. The van der Waals surface area contributed by atoms with Gasteiger partial charge >= 0.3 is 0 Å². The van der Waals surface area contributed by atoms with Crippen molar-refractivity contribution in [3.8, 4) is 16.9 Å². The lowest BCUT2D eigenvalue weighted by Crippen LogP contribution is -2.40. The van der Waals surface area contributed by atoms with Crippen molar-refractivity contribution in [1.82, 2.24) is 4.90 Å². The first-order valence-electron chi connectivity index (χ1n) is 13.2. The molecule has 4 aromatic rings. The molecule has 0 aliphatic heterocycles. The maximum absolute atomic E-state index is 15.1. The molecule has 1 aliphatic carbocycles. The van der Waals surface area contributed by atoms with Crippen molar-refractivity contribution in [3.63, 3.8) is 0 Å². The Morgan fingerprint density at radius 2 is 1.67 bits per heavy atom. The topological polar surface area (TPSA) is 95.7 Å². The predicted octanol–water partition coefficient (Wildman–Crippen LogP) is 6.92. The fourth-order valence-corrected chi connectivity index (χ4v) is 6.13. The first-order valence-corrected chi connectivity index (χ1v) is 14.0. The molecule has 39 heavy (non-hydrogen) atoms. The molecule has 0 spiro atoms. The van der Waals surface area contributed by atoms with E-state index in [-0.39, 0.29) is 36.0 Å². The zero-order valence-corrected chi connectivity index (χ0v) is 23.1. The third-order valence-corrected chi connectivity index (χ3v) is 8.11. The van der Waals surface area contributed by atoms with Crippen molar-refractivity contribution in [2.75, 3.05) is 12.4 Å². The summed E-state index contributed by atoms with van der Waals surface area (Å²) in [7, 11) is 1.50. The van der Waals surface area contributed by atoms with Crippen LogP contribution in [-0.4, -0.2) is 34.9 Å². The van der Waals surface area contributed by atoms with E-state index in [1.165, 1.54) is 31.4 Å². The predicted molar refractivity (Wildman–Crippen MR) is 156 cm³/mol. The molecule has 0 bridgehead atoms. The molecule has 5 rings (SSSR count). The molecule has 2 amide bonds. The minimum Gasteiger partial charge on any atom is -0.506 e. The Morgan fingerprint density at radius 1 is 1.00 bits per heavy atom. The molecule has 204 valence electrons. The van der Waals surface area contributed by atoms with Crippen LogP contribution in [0.5, 0.6) is 5.75 Å². The van der Waals surface area contributed by atoms with E-state index < -0.39 is 0 Å². The number of thiophene rings is 1. The first-order chi connectivity index (χ1) is 18.9. The summed E-state index contributed by atoms with van der Waals surface area (Å²) < 4.78 is 16.0. The van der Waals surface area contributed by atoms with Crippen molar-refractivity contribution in [1.29, 1.82) is 0 Å². The highest BCUT2D eigenvalue weighted by molar-refractivity contribution is 7.21. The molecule has 1 heterocycles. The zero-order valence-electron chi connectivity index (χ0n) is 22.2. The molecule has 0 radical (unpaired) electrons. The Kier molecular flexibility index (Phi) is 9.32. The smallest absolute Gasteiger partial charge is 0.268 e. The van der Waals surface area contributed by atoms with Crippen LogP contribution in [0, 0.1) is 5.82 Å². The Morgan fingerprint density at radius 3 is 2.33 bits per heavy atom. The van der Waals surface area contributed by atoms with Crippen molar-refractivity contribution in [2.45, 2.75) is 51.6 Å². The van der Waals surface area contributed by atoms with Crippen LogP contribution >= 0.6 is 11.3 Å². The lowest BCUT2D eigenvalue weighted by Gasteiger charge is -2.34. The molecule has 1 aromatic heterocycles. The van der Waals surface area contributed by atoms with Crippen LogP contribution in [-0.2, 0) is 11.3 Å². The largest absolute Gasteiger partial charge is 0.506 e. The highest BCUT2D eigenvalue weighted by Crippen LogP contribution is 2.39. The van der Waals surface area contributed by atoms with Gasteiger partial charge in [-0.05, 0) is 67.4 Å². The van der Waals surface area contributed by atoms with Crippen molar-refractivity contribution in [2.24, 2.45) is 5.73 Å². The van der Waals surface area contributed by atoms with Gasteiger partial charge in [-0.1, -0.05) is 49.6 Å². The third-order valence-electron chi connectivity index (χ3n) is 6.96. The molecule has 0 unspecified atom stereocenters. The van der Waals surface area contributed by atoms with Gasteiger partial charge in [0.25, 0.3) is 5.91 Å². The fraction of sp³-hybridized carbons (Fsp3) is 0.290. The summed E-state index contributed by atoms with van der Waals surface area (Å²) in [5.74, 6) is -0.767. The van der Waals surface area contributed by atoms with Crippen LogP contribution in [0.4, 0.5) is 10.1 Å². The van der Waals surface area contributed by atoms with E-state index in [4.69, 9.17) is 0 Å². The number of nitrogens with zero attached hydrogens (tertiary/aromatic N) is 1. The molecule has 1 saturated carbocycles. The number of nitrogens with two attached hydrogens (primary N) is 1.